The summed E-state index contributed by atoms with van der Waals surface area (Å²) >= 11 is 0. The van der Waals surface area contributed by atoms with Gasteiger partial charge in [0.05, 0.1) is 6.54 Å². The molecule has 120 valence electrons. The van der Waals surface area contributed by atoms with Crippen molar-refractivity contribution in [2.75, 3.05) is 13.1 Å². The number of rotatable bonds is 6. The highest BCUT2D eigenvalue weighted by atomic mass is 19.1. The molecule has 0 bridgehead atoms. The molecule has 0 aliphatic heterocycles. The lowest BCUT2D eigenvalue weighted by molar-refractivity contribution is -0.120. The van der Waals surface area contributed by atoms with Crippen molar-refractivity contribution in [3.63, 3.8) is 0 Å². The second kappa shape index (κ2) is 8.03. The number of halogens is 2. The lowest BCUT2D eigenvalue weighted by Gasteiger charge is -2.07. The lowest BCUT2D eigenvalue weighted by Crippen LogP contribution is -2.37. The van der Waals surface area contributed by atoms with Crippen LogP contribution in [0.15, 0.2) is 48.5 Å². The van der Waals surface area contributed by atoms with Crippen molar-refractivity contribution in [1.29, 1.82) is 0 Å². The van der Waals surface area contributed by atoms with Crippen LogP contribution in [0.4, 0.5) is 8.78 Å². The molecule has 2 amide bonds. The average Bonchev–Trinajstić information content (AvgIpc) is 2.55. The quantitative estimate of drug-likeness (QED) is 0.856. The van der Waals surface area contributed by atoms with E-state index in [1.54, 1.807) is 12.1 Å². The first-order valence-electron chi connectivity index (χ1n) is 7.09. The van der Waals surface area contributed by atoms with E-state index in [2.05, 4.69) is 10.6 Å². The van der Waals surface area contributed by atoms with Crippen LogP contribution >= 0.6 is 0 Å². The van der Waals surface area contributed by atoms with Gasteiger partial charge in [0.2, 0.25) is 5.91 Å². The van der Waals surface area contributed by atoms with Gasteiger partial charge in [-0.1, -0.05) is 12.1 Å². The van der Waals surface area contributed by atoms with Crippen LogP contribution in [-0.4, -0.2) is 24.9 Å². The van der Waals surface area contributed by atoms with Crippen LogP contribution in [0.1, 0.15) is 15.9 Å². The maximum absolute atomic E-state index is 12.7. The Bertz CT molecular complexity index is 670. The summed E-state index contributed by atoms with van der Waals surface area (Å²) in [7, 11) is 0. The third kappa shape index (κ3) is 5.50. The zero-order valence-electron chi connectivity index (χ0n) is 12.3. The molecule has 0 aromatic heterocycles. The second-order valence-electron chi connectivity index (χ2n) is 4.92. The zero-order valence-corrected chi connectivity index (χ0v) is 12.3. The predicted octanol–water partition coefficient (Wildman–Crippen LogP) is 2.05. The molecular formula is C17H16F2N2O2. The highest BCUT2D eigenvalue weighted by Gasteiger charge is 2.07. The summed E-state index contributed by atoms with van der Waals surface area (Å²) in [5, 5.41) is 5.11. The Hall–Kier alpha value is -2.76. The van der Waals surface area contributed by atoms with Crippen LogP contribution in [0.3, 0.4) is 0 Å². The van der Waals surface area contributed by atoms with Gasteiger partial charge in [-0.25, -0.2) is 8.78 Å². The molecule has 2 aromatic rings. The monoisotopic (exact) mass is 318 g/mol. The minimum Gasteiger partial charge on any atom is -0.354 e. The molecule has 0 fully saturated rings. The highest BCUT2D eigenvalue weighted by Crippen LogP contribution is 2.03. The fraction of sp³-hybridized carbons (Fsp3) is 0.176. The van der Waals surface area contributed by atoms with Crippen molar-refractivity contribution < 1.29 is 18.4 Å². The first kappa shape index (κ1) is 16.6. The molecule has 2 N–H and O–H groups in total. The van der Waals surface area contributed by atoms with Crippen LogP contribution in [0.2, 0.25) is 0 Å². The number of carbonyl (C=O) groups excluding carboxylic acids is 2. The van der Waals surface area contributed by atoms with Crippen molar-refractivity contribution in [3.8, 4) is 0 Å². The van der Waals surface area contributed by atoms with Gasteiger partial charge in [-0.15, -0.1) is 0 Å². The fourth-order valence-electron chi connectivity index (χ4n) is 1.92. The highest BCUT2D eigenvalue weighted by molar-refractivity contribution is 5.96. The second-order valence-corrected chi connectivity index (χ2v) is 4.92. The van der Waals surface area contributed by atoms with Crippen LogP contribution in [-0.2, 0) is 11.2 Å². The molecule has 0 radical (unpaired) electrons. The zero-order chi connectivity index (χ0) is 16.7. The van der Waals surface area contributed by atoms with Crippen molar-refractivity contribution in [3.05, 3.63) is 71.3 Å². The molecular weight excluding hydrogens is 302 g/mol. The van der Waals surface area contributed by atoms with E-state index in [1.165, 1.54) is 36.4 Å². The van der Waals surface area contributed by atoms with Crippen molar-refractivity contribution in [2.45, 2.75) is 6.42 Å². The van der Waals surface area contributed by atoms with Crippen molar-refractivity contribution in [2.24, 2.45) is 0 Å². The Morgan fingerprint density at radius 1 is 0.826 bits per heavy atom. The Morgan fingerprint density at radius 3 is 2.00 bits per heavy atom. The van der Waals surface area contributed by atoms with Crippen molar-refractivity contribution >= 4 is 11.8 Å². The number of carbonyl (C=O) groups is 2. The van der Waals surface area contributed by atoms with E-state index in [-0.39, 0.29) is 23.8 Å². The molecule has 0 unspecified atom stereocenters. The van der Waals surface area contributed by atoms with E-state index in [1.807, 2.05) is 0 Å². The molecule has 2 rings (SSSR count). The van der Waals surface area contributed by atoms with E-state index in [9.17, 15) is 18.4 Å². The normalized spacial score (nSPS) is 10.2. The van der Waals surface area contributed by atoms with Gasteiger partial charge in [-0.3, -0.25) is 9.59 Å². The van der Waals surface area contributed by atoms with Crippen LogP contribution in [0, 0.1) is 11.6 Å². The summed E-state index contributed by atoms with van der Waals surface area (Å²) < 4.78 is 25.5. The number of nitrogens with one attached hydrogen (secondary N) is 2. The SMILES string of the molecule is O=C(CNC(=O)c1ccc(F)cc1)NCCc1ccc(F)cc1. The third-order valence-electron chi connectivity index (χ3n) is 3.17. The molecule has 0 heterocycles. The first-order chi connectivity index (χ1) is 11.0. The van der Waals surface area contributed by atoms with Gasteiger partial charge < -0.3 is 10.6 Å². The van der Waals surface area contributed by atoms with Crippen LogP contribution in [0.25, 0.3) is 0 Å². The van der Waals surface area contributed by atoms with E-state index < -0.39 is 11.7 Å². The van der Waals surface area contributed by atoms with Gasteiger partial charge in [-0.2, -0.15) is 0 Å². The topological polar surface area (TPSA) is 58.2 Å². The van der Waals surface area contributed by atoms with Gasteiger partial charge in [0.15, 0.2) is 0 Å². The molecule has 0 atom stereocenters. The van der Waals surface area contributed by atoms with E-state index in [4.69, 9.17) is 0 Å². The Labute approximate surface area is 132 Å². The summed E-state index contributed by atoms with van der Waals surface area (Å²) in [6.45, 7) is 0.219. The van der Waals surface area contributed by atoms with Crippen LogP contribution < -0.4 is 10.6 Å². The number of benzene rings is 2. The molecule has 0 spiro atoms. The molecule has 0 saturated carbocycles. The predicted molar refractivity (Wildman–Crippen MR) is 81.8 cm³/mol. The summed E-state index contributed by atoms with van der Waals surface area (Å²) in [4.78, 5) is 23.4. The smallest absolute Gasteiger partial charge is 0.251 e. The largest absolute Gasteiger partial charge is 0.354 e. The first-order valence-corrected chi connectivity index (χ1v) is 7.09. The van der Waals surface area contributed by atoms with Gasteiger partial charge in [0, 0.05) is 12.1 Å². The Morgan fingerprint density at radius 2 is 1.39 bits per heavy atom. The number of hydrogen-bond donors (Lipinski definition) is 2. The average molecular weight is 318 g/mol. The number of amides is 2. The summed E-state index contributed by atoms with van der Waals surface area (Å²) in [6, 6.07) is 11.1. The molecule has 0 aliphatic carbocycles. The summed E-state index contributed by atoms with van der Waals surface area (Å²) in [5.41, 5.74) is 1.19. The summed E-state index contributed by atoms with van der Waals surface area (Å²) in [5.74, 6) is -1.51. The van der Waals surface area contributed by atoms with Crippen LogP contribution in [0.5, 0.6) is 0 Å². The van der Waals surface area contributed by atoms with E-state index >= 15 is 0 Å². The lowest BCUT2D eigenvalue weighted by atomic mass is 10.1. The molecule has 0 saturated heterocycles. The van der Waals surface area contributed by atoms with Gasteiger partial charge in [0.25, 0.3) is 5.91 Å². The molecule has 6 heteroatoms. The Balaban J connectivity index is 1.69. The third-order valence-corrected chi connectivity index (χ3v) is 3.17. The van der Waals surface area contributed by atoms with E-state index in [0.29, 0.717) is 13.0 Å². The van der Waals surface area contributed by atoms with Crippen molar-refractivity contribution in [1.82, 2.24) is 10.6 Å². The standard InChI is InChI=1S/C17H16F2N2O2/c18-14-5-1-12(2-6-14)9-10-20-16(22)11-21-17(23)13-3-7-15(19)8-4-13/h1-8H,9-11H2,(H,20,22)(H,21,23). The fourth-order valence-corrected chi connectivity index (χ4v) is 1.92. The van der Waals surface area contributed by atoms with Gasteiger partial charge in [-0.05, 0) is 48.4 Å². The molecule has 4 nitrogen and oxygen atoms in total. The maximum Gasteiger partial charge on any atom is 0.251 e. The minimum atomic E-state index is -0.446. The maximum atomic E-state index is 12.7. The van der Waals surface area contributed by atoms with E-state index in [0.717, 1.165) is 5.56 Å². The van der Waals surface area contributed by atoms with Gasteiger partial charge in [0.1, 0.15) is 11.6 Å². The molecule has 23 heavy (non-hydrogen) atoms. The minimum absolute atomic E-state index is 0.167. The molecule has 2 aromatic carbocycles. The summed E-state index contributed by atoms with van der Waals surface area (Å²) in [6.07, 6.45) is 0.567. The molecule has 0 aliphatic rings. The van der Waals surface area contributed by atoms with Gasteiger partial charge >= 0.3 is 0 Å². The number of hydrogen-bond acceptors (Lipinski definition) is 2. The Kier molecular flexibility index (Phi) is 5.80.